The number of hydrogen-bond donors (Lipinski definition) is 2. The predicted octanol–water partition coefficient (Wildman–Crippen LogP) is 0.354. The number of nitrogens with one attached hydrogen (secondary N) is 1. The van der Waals surface area contributed by atoms with Crippen molar-refractivity contribution in [3.05, 3.63) is 11.6 Å². The molecule has 3 N–H and O–H groups in total. The van der Waals surface area contributed by atoms with Crippen molar-refractivity contribution in [2.24, 2.45) is 5.73 Å². The summed E-state index contributed by atoms with van der Waals surface area (Å²) < 4.78 is 12.5. The predicted molar refractivity (Wildman–Crippen MR) is 33.6 cm³/mol. The van der Waals surface area contributed by atoms with E-state index >= 15 is 0 Å². The molecular weight excluding hydrogens is 135 g/mol. The Kier molecular flexibility index (Phi) is 1.96. The van der Waals surface area contributed by atoms with Crippen LogP contribution in [-0.4, -0.2) is 15.4 Å². The first-order chi connectivity index (χ1) is 4.75. The van der Waals surface area contributed by atoms with Crippen LogP contribution in [0, 0.1) is 5.95 Å². The monoisotopic (exact) mass is 144 g/mol. The van der Waals surface area contributed by atoms with Crippen LogP contribution < -0.4 is 5.73 Å². The maximum absolute atomic E-state index is 12.5. The van der Waals surface area contributed by atoms with E-state index < -0.39 is 5.95 Å². The number of hydrogen-bond acceptors (Lipinski definition) is 3. The van der Waals surface area contributed by atoms with Crippen LogP contribution in [0.25, 0.3) is 0 Å². The van der Waals surface area contributed by atoms with Gasteiger partial charge in [-0.2, -0.15) is 14.7 Å². The molecule has 0 amide bonds. The third-order valence-corrected chi connectivity index (χ3v) is 1.32. The first-order valence-electron chi connectivity index (χ1n) is 3.07. The second-order valence-electron chi connectivity index (χ2n) is 2.01. The lowest BCUT2D eigenvalue weighted by Crippen LogP contribution is -2.10. The van der Waals surface area contributed by atoms with Crippen LogP contribution in [0.4, 0.5) is 4.39 Å². The molecule has 4 nitrogen and oxygen atoms in total. The van der Waals surface area contributed by atoms with Gasteiger partial charge < -0.3 is 5.73 Å². The first kappa shape index (κ1) is 7.14. The minimum atomic E-state index is -0.602. The van der Waals surface area contributed by atoms with E-state index in [1.165, 1.54) is 0 Å². The van der Waals surface area contributed by atoms with Crippen LogP contribution in [0.15, 0.2) is 0 Å². The molecule has 56 valence electrons. The van der Waals surface area contributed by atoms with Crippen molar-refractivity contribution in [1.29, 1.82) is 0 Å². The highest BCUT2D eigenvalue weighted by Crippen LogP contribution is 2.11. The van der Waals surface area contributed by atoms with E-state index in [1.807, 2.05) is 6.92 Å². The molecule has 5 heteroatoms. The molecule has 0 saturated heterocycles. The number of aromatic nitrogens is 3. The molecule has 1 aromatic heterocycles. The SMILES string of the molecule is CCC(N)c1n[nH]nc1F. The topological polar surface area (TPSA) is 67.6 Å². The largest absolute Gasteiger partial charge is 0.322 e. The fraction of sp³-hybridized carbons (Fsp3) is 0.600. The van der Waals surface area contributed by atoms with Gasteiger partial charge >= 0.3 is 0 Å². The Balaban J connectivity index is 2.82. The minimum absolute atomic E-state index is 0.211. The van der Waals surface area contributed by atoms with Crippen molar-refractivity contribution in [1.82, 2.24) is 15.4 Å². The van der Waals surface area contributed by atoms with Gasteiger partial charge in [-0.1, -0.05) is 6.92 Å². The van der Waals surface area contributed by atoms with Gasteiger partial charge in [0, 0.05) is 0 Å². The van der Waals surface area contributed by atoms with E-state index in [9.17, 15) is 4.39 Å². The lowest BCUT2D eigenvalue weighted by Gasteiger charge is -2.01. The van der Waals surface area contributed by atoms with E-state index in [-0.39, 0.29) is 11.7 Å². The summed E-state index contributed by atoms with van der Waals surface area (Å²) in [6.45, 7) is 1.86. The molecule has 1 atom stereocenters. The molecule has 0 aromatic carbocycles. The normalized spacial score (nSPS) is 13.5. The Labute approximate surface area is 57.6 Å². The molecule has 0 radical (unpaired) electrons. The van der Waals surface area contributed by atoms with E-state index in [0.29, 0.717) is 6.42 Å². The van der Waals surface area contributed by atoms with Crippen molar-refractivity contribution in [3.63, 3.8) is 0 Å². The summed E-state index contributed by atoms with van der Waals surface area (Å²) in [5.74, 6) is -0.602. The first-order valence-corrected chi connectivity index (χ1v) is 3.07. The number of halogens is 1. The van der Waals surface area contributed by atoms with Gasteiger partial charge in [-0.15, -0.1) is 5.10 Å². The molecule has 0 spiro atoms. The van der Waals surface area contributed by atoms with Gasteiger partial charge in [0.1, 0.15) is 5.69 Å². The zero-order valence-electron chi connectivity index (χ0n) is 5.63. The standard InChI is InChI=1S/C5H9FN4/c1-2-3(7)4-5(6)9-10-8-4/h3H,2,7H2,1H3,(H,8,9,10). The van der Waals surface area contributed by atoms with Gasteiger partial charge in [-0.25, -0.2) is 0 Å². The Morgan fingerprint density at radius 3 is 2.80 bits per heavy atom. The van der Waals surface area contributed by atoms with Gasteiger partial charge in [0.15, 0.2) is 0 Å². The maximum Gasteiger partial charge on any atom is 0.257 e. The molecule has 10 heavy (non-hydrogen) atoms. The van der Waals surface area contributed by atoms with Crippen LogP contribution in [0.1, 0.15) is 25.1 Å². The van der Waals surface area contributed by atoms with Gasteiger partial charge in [-0.3, -0.25) is 0 Å². The highest BCUT2D eigenvalue weighted by Gasteiger charge is 2.12. The summed E-state index contributed by atoms with van der Waals surface area (Å²) in [6, 6.07) is -0.348. The lowest BCUT2D eigenvalue weighted by molar-refractivity contribution is 0.542. The second-order valence-corrected chi connectivity index (χ2v) is 2.01. The summed E-state index contributed by atoms with van der Waals surface area (Å²) in [5.41, 5.74) is 5.69. The Morgan fingerprint density at radius 2 is 2.40 bits per heavy atom. The zero-order valence-corrected chi connectivity index (χ0v) is 5.63. The van der Waals surface area contributed by atoms with E-state index in [2.05, 4.69) is 15.4 Å². The quantitative estimate of drug-likeness (QED) is 0.629. The van der Waals surface area contributed by atoms with Crippen LogP contribution >= 0.6 is 0 Å². The van der Waals surface area contributed by atoms with Gasteiger partial charge in [-0.05, 0) is 6.42 Å². The third kappa shape index (κ3) is 1.13. The second kappa shape index (κ2) is 2.74. The third-order valence-electron chi connectivity index (χ3n) is 1.32. The van der Waals surface area contributed by atoms with Gasteiger partial charge in [0.2, 0.25) is 0 Å². The molecule has 0 aliphatic heterocycles. The minimum Gasteiger partial charge on any atom is -0.322 e. The van der Waals surface area contributed by atoms with Crippen molar-refractivity contribution in [3.8, 4) is 0 Å². The molecule has 1 heterocycles. The smallest absolute Gasteiger partial charge is 0.257 e. The summed E-state index contributed by atoms with van der Waals surface area (Å²) in [7, 11) is 0. The van der Waals surface area contributed by atoms with Crippen LogP contribution in [0.2, 0.25) is 0 Å². The molecule has 0 aliphatic rings. The molecule has 0 saturated carbocycles. The number of aromatic amines is 1. The number of nitrogens with zero attached hydrogens (tertiary/aromatic N) is 2. The Bertz CT molecular complexity index is 209. The average molecular weight is 144 g/mol. The van der Waals surface area contributed by atoms with Crippen LogP contribution in [0.5, 0.6) is 0 Å². The van der Waals surface area contributed by atoms with Crippen molar-refractivity contribution in [2.75, 3.05) is 0 Å². The molecule has 1 unspecified atom stereocenters. The number of H-pyrrole nitrogens is 1. The van der Waals surface area contributed by atoms with E-state index in [4.69, 9.17) is 5.73 Å². The highest BCUT2D eigenvalue weighted by molar-refractivity contribution is 5.00. The maximum atomic E-state index is 12.5. The zero-order chi connectivity index (χ0) is 7.56. The van der Waals surface area contributed by atoms with Crippen molar-refractivity contribution >= 4 is 0 Å². The molecule has 1 rings (SSSR count). The summed E-state index contributed by atoms with van der Waals surface area (Å²) in [4.78, 5) is 0. The Hall–Kier alpha value is -0.970. The highest BCUT2D eigenvalue weighted by atomic mass is 19.1. The number of rotatable bonds is 2. The molecule has 0 bridgehead atoms. The summed E-state index contributed by atoms with van der Waals surface area (Å²) in [6.07, 6.45) is 0.656. The summed E-state index contributed by atoms with van der Waals surface area (Å²) in [5, 5.41) is 8.91. The van der Waals surface area contributed by atoms with Crippen molar-refractivity contribution in [2.45, 2.75) is 19.4 Å². The van der Waals surface area contributed by atoms with E-state index in [0.717, 1.165) is 0 Å². The van der Waals surface area contributed by atoms with Crippen LogP contribution in [-0.2, 0) is 0 Å². The van der Waals surface area contributed by atoms with Crippen molar-refractivity contribution < 1.29 is 4.39 Å². The van der Waals surface area contributed by atoms with Gasteiger partial charge in [0.25, 0.3) is 5.95 Å². The van der Waals surface area contributed by atoms with E-state index in [1.54, 1.807) is 0 Å². The molecule has 1 aromatic rings. The fourth-order valence-corrected chi connectivity index (χ4v) is 0.655. The summed E-state index contributed by atoms with van der Waals surface area (Å²) >= 11 is 0. The number of nitrogens with two attached hydrogens (primary N) is 1. The molecule has 0 fully saturated rings. The average Bonchev–Trinajstić information content (AvgIpc) is 2.34. The molecular formula is C5H9FN4. The lowest BCUT2D eigenvalue weighted by atomic mass is 10.2. The fourth-order valence-electron chi connectivity index (χ4n) is 0.655. The Morgan fingerprint density at radius 1 is 1.70 bits per heavy atom. The molecule has 0 aliphatic carbocycles. The van der Waals surface area contributed by atoms with Crippen LogP contribution in [0.3, 0.4) is 0 Å². The van der Waals surface area contributed by atoms with Gasteiger partial charge in [0.05, 0.1) is 6.04 Å².